The van der Waals surface area contributed by atoms with Crippen molar-refractivity contribution in [3.05, 3.63) is 46.7 Å². The van der Waals surface area contributed by atoms with Crippen molar-refractivity contribution in [2.75, 3.05) is 37.0 Å². The molecule has 13 heteroatoms. The number of ether oxygens (including phenoxy) is 1. The molecular formula is C27H24F2N6O4S. The number of pyridine rings is 1. The number of anilines is 2. The Balaban J connectivity index is 1.52. The Morgan fingerprint density at radius 1 is 1.18 bits per heavy atom. The lowest BCUT2D eigenvalue weighted by atomic mass is 9.97. The Hall–Kier alpha value is -4.44. The molecule has 206 valence electrons. The first-order chi connectivity index (χ1) is 19.2. The van der Waals surface area contributed by atoms with Gasteiger partial charge in [-0.1, -0.05) is 17.3 Å². The third-order valence-electron chi connectivity index (χ3n) is 6.45. The van der Waals surface area contributed by atoms with Crippen LogP contribution < -0.4 is 15.0 Å². The van der Waals surface area contributed by atoms with Gasteiger partial charge in [-0.25, -0.2) is 8.78 Å². The van der Waals surface area contributed by atoms with Crippen LogP contribution in [-0.4, -0.2) is 64.5 Å². The average Bonchev–Trinajstić information content (AvgIpc) is 3.68. The fourth-order valence-electron chi connectivity index (χ4n) is 4.17. The van der Waals surface area contributed by atoms with Gasteiger partial charge in [-0.2, -0.15) is 0 Å². The van der Waals surface area contributed by atoms with Crippen LogP contribution in [0.15, 0.2) is 30.5 Å². The molecule has 1 aliphatic heterocycles. The third-order valence-corrected chi connectivity index (χ3v) is 7.21. The topological polar surface area (TPSA) is 118 Å². The molecule has 0 atom stereocenters. The van der Waals surface area contributed by atoms with Crippen molar-refractivity contribution >= 4 is 39.9 Å². The summed E-state index contributed by atoms with van der Waals surface area (Å²) in [6.07, 6.45) is 0.441. The van der Waals surface area contributed by atoms with Gasteiger partial charge in [0.25, 0.3) is 12.3 Å². The first kappa shape index (κ1) is 27.1. The largest absolute Gasteiger partial charge is 0.494 e. The van der Waals surface area contributed by atoms with Crippen molar-refractivity contribution in [1.29, 1.82) is 0 Å². The average molecular weight is 567 g/mol. The predicted octanol–water partition coefficient (Wildman–Crippen LogP) is 3.76. The normalized spacial score (nSPS) is 15.1. The first-order valence-corrected chi connectivity index (χ1v) is 13.2. The Bertz CT molecular complexity index is 1550. The molecule has 1 aliphatic carbocycles. The SMILES string of the molecule is COc1cnc(C(F)F)cc1-c1cc(N2CCN(C(C)=O)CC2=O)ccc1C(=O)Nc1nnc(C#CC2CC2)s1. The third kappa shape index (κ3) is 5.91. The summed E-state index contributed by atoms with van der Waals surface area (Å²) in [5.74, 6) is 5.50. The second-order valence-electron chi connectivity index (χ2n) is 9.24. The van der Waals surface area contributed by atoms with E-state index in [0.717, 1.165) is 36.4 Å². The Kier molecular flexibility index (Phi) is 7.70. The minimum Gasteiger partial charge on any atom is -0.494 e. The number of hydrogen-bond donors (Lipinski definition) is 1. The second-order valence-corrected chi connectivity index (χ2v) is 10.2. The molecule has 3 amide bonds. The molecule has 1 saturated carbocycles. The number of benzene rings is 1. The van der Waals surface area contributed by atoms with Crippen LogP contribution in [0.2, 0.25) is 0 Å². The van der Waals surface area contributed by atoms with E-state index in [0.29, 0.717) is 23.2 Å². The number of aromatic nitrogens is 3. The lowest BCUT2D eigenvalue weighted by Gasteiger charge is -2.34. The van der Waals surface area contributed by atoms with Crippen molar-refractivity contribution in [2.45, 2.75) is 26.2 Å². The number of nitrogens with zero attached hydrogens (tertiary/aromatic N) is 5. The number of rotatable bonds is 6. The molecule has 3 aromatic rings. The maximum Gasteiger partial charge on any atom is 0.280 e. The van der Waals surface area contributed by atoms with Gasteiger partial charge in [0, 0.05) is 48.3 Å². The van der Waals surface area contributed by atoms with Crippen LogP contribution in [-0.2, 0) is 9.59 Å². The van der Waals surface area contributed by atoms with E-state index in [2.05, 4.69) is 32.3 Å². The summed E-state index contributed by atoms with van der Waals surface area (Å²) in [6, 6.07) is 5.82. The summed E-state index contributed by atoms with van der Waals surface area (Å²) in [7, 11) is 1.36. The fraction of sp³-hybridized carbons (Fsp3) is 0.333. The smallest absolute Gasteiger partial charge is 0.280 e. The number of methoxy groups -OCH3 is 1. The van der Waals surface area contributed by atoms with Crippen LogP contribution in [0.5, 0.6) is 5.75 Å². The lowest BCUT2D eigenvalue weighted by Crippen LogP contribution is -2.51. The van der Waals surface area contributed by atoms with Gasteiger partial charge in [-0.15, -0.1) is 10.2 Å². The maximum absolute atomic E-state index is 13.6. The molecule has 0 bridgehead atoms. The van der Waals surface area contributed by atoms with Crippen molar-refractivity contribution < 1.29 is 27.9 Å². The van der Waals surface area contributed by atoms with E-state index < -0.39 is 18.0 Å². The zero-order valence-corrected chi connectivity index (χ0v) is 22.4. The van der Waals surface area contributed by atoms with Gasteiger partial charge in [0.1, 0.15) is 18.0 Å². The summed E-state index contributed by atoms with van der Waals surface area (Å²) in [5.41, 5.74) is 0.510. The summed E-state index contributed by atoms with van der Waals surface area (Å²) in [4.78, 5) is 44.7. The quantitative estimate of drug-likeness (QED) is 0.452. The van der Waals surface area contributed by atoms with Crippen LogP contribution in [0.3, 0.4) is 0 Å². The van der Waals surface area contributed by atoms with E-state index in [9.17, 15) is 23.2 Å². The minimum absolute atomic E-state index is 0.0932. The molecule has 1 N–H and O–H groups in total. The van der Waals surface area contributed by atoms with E-state index in [1.807, 2.05) is 0 Å². The number of hydrogen-bond acceptors (Lipinski definition) is 8. The summed E-state index contributed by atoms with van der Waals surface area (Å²) in [5, 5.41) is 11.4. The van der Waals surface area contributed by atoms with Gasteiger partial charge < -0.3 is 14.5 Å². The van der Waals surface area contributed by atoms with Crippen molar-refractivity contribution in [3.63, 3.8) is 0 Å². The predicted molar refractivity (Wildman–Crippen MR) is 143 cm³/mol. The molecule has 1 aromatic carbocycles. The number of nitrogens with one attached hydrogen (secondary N) is 1. The highest BCUT2D eigenvalue weighted by molar-refractivity contribution is 7.15. The highest BCUT2D eigenvalue weighted by atomic mass is 32.1. The number of carbonyl (C=O) groups excluding carboxylic acids is 3. The highest BCUT2D eigenvalue weighted by Gasteiger charge is 2.28. The molecular weight excluding hydrogens is 542 g/mol. The molecule has 2 fully saturated rings. The van der Waals surface area contributed by atoms with E-state index in [1.165, 1.54) is 29.9 Å². The molecule has 3 heterocycles. The number of halogens is 2. The zero-order chi connectivity index (χ0) is 28.4. The van der Waals surface area contributed by atoms with Crippen LogP contribution in [0.25, 0.3) is 11.1 Å². The van der Waals surface area contributed by atoms with Gasteiger partial charge >= 0.3 is 0 Å². The number of amides is 3. The van der Waals surface area contributed by atoms with Crippen LogP contribution in [0.4, 0.5) is 19.6 Å². The zero-order valence-electron chi connectivity index (χ0n) is 21.6. The minimum atomic E-state index is -2.86. The Morgan fingerprint density at radius 2 is 1.98 bits per heavy atom. The first-order valence-electron chi connectivity index (χ1n) is 12.4. The van der Waals surface area contributed by atoms with Crippen molar-refractivity contribution in [3.8, 4) is 28.7 Å². The van der Waals surface area contributed by atoms with E-state index in [-0.39, 0.29) is 52.5 Å². The second kappa shape index (κ2) is 11.4. The summed E-state index contributed by atoms with van der Waals surface area (Å²) < 4.78 is 32.6. The molecule has 1 saturated heterocycles. The molecule has 5 rings (SSSR count). The standard InChI is InChI=1S/C27H24F2N6O4S/c1-15(36)34-9-10-35(24(37)14-34)17-6-7-18(19(11-17)20-12-21(25(28)29)30-13-22(20)39-2)26(38)31-27-33-32-23(40-27)8-5-16-3-4-16/h6-7,11-13,16,25H,3-4,9-10,14H2,1-2H3,(H,31,33,38). The van der Waals surface area contributed by atoms with Gasteiger partial charge in [-0.3, -0.25) is 24.7 Å². The molecule has 40 heavy (non-hydrogen) atoms. The molecule has 0 unspecified atom stereocenters. The van der Waals surface area contributed by atoms with Gasteiger partial charge in [-0.05, 0) is 43.0 Å². The van der Waals surface area contributed by atoms with Crippen LogP contribution in [0.1, 0.15) is 47.3 Å². The monoisotopic (exact) mass is 566 g/mol. The fourth-order valence-corrected chi connectivity index (χ4v) is 4.77. The number of alkyl halides is 2. The Labute approximate surface area is 232 Å². The van der Waals surface area contributed by atoms with E-state index in [1.54, 1.807) is 12.1 Å². The van der Waals surface area contributed by atoms with Crippen LogP contribution >= 0.6 is 11.3 Å². The van der Waals surface area contributed by atoms with E-state index >= 15 is 0 Å². The number of piperazine rings is 1. The highest BCUT2D eigenvalue weighted by Crippen LogP contribution is 2.37. The molecule has 2 aliphatic rings. The number of carbonyl (C=O) groups is 3. The summed E-state index contributed by atoms with van der Waals surface area (Å²) >= 11 is 1.12. The molecule has 2 aromatic heterocycles. The van der Waals surface area contributed by atoms with E-state index in [4.69, 9.17) is 4.74 Å². The Morgan fingerprint density at radius 3 is 2.65 bits per heavy atom. The van der Waals surface area contributed by atoms with Crippen molar-refractivity contribution in [2.24, 2.45) is 5.92 Å². The van der Waals surface area contributed by atoms with Gasteiger partial charge in [0.15, 0.2) is 5.01 Å². The molecule has 0 spiro atoms. The lowest BCUT2D eigenvalue weighted by molar-refractivity contribution is -0.135. The van der Waals surface area contributed by atoms with Crippen molar-refractivity contribution in [1.82, 2.24) is 20.1 Å². The molecule has 10 nitrogen and oxygen atoms in total. The van der Waals surface area contributed by atoms with Gasteiger partial charge in [0.2, 0.25) is 16.9 Å². The maximum atomic E-state index is 13.6. The van der Waals surface area contributed by atoms with Gasteiger partial charge in [0.05, 0.1) is 13.3 Å². The molecule has 0 radical (unpaired) electrons. The summed E-state index contributed by atoms with van der Waals surface area (Å²) in [6.45, 7) is 1.86. The van der Waals surface area contributed by atoms with Crippen LogP contribution in [0, 0.1) is 17.8 Å².